The van der Waals surface area contributed by atoms with Crippen LogP contribution < -0.4 is 11.3 Å². The Labute approximate surface area is 122 Å². The molecule has 3 nitrogen and oxygen atoms in total. The topological polar surface area (TPSA) is 41.3 Å². The van der Waals surface area contributed by atoms with Gasteiger partial charge in [-0.3, -0.25) is 11.3 Å². The molecule has 1 aliphatic carbocycles. The molecule has 0 aromatic carbocycles. The zero-order chi connectivity index (χ0) is 13.2. The third kappa shape index (κ3) is 2.51. The molecule has 102 valence electrons. The van der Waals surface area contributed by atoms with Crippen molar-refractivity contribution in [1.29, 1.82) is 0 Å². The third-order valence-electron chi connectivity index (χ3n) is 4.22. The number of hydrogen-bond acceptors (Lipinski definition) is 4. The summed E-state index contributed by atoms with van der Waals surface area (Å²) in [6.07, 6.45) is 6.34. The average Bonchev–Trinajstić information content (AvgIpc) is 2.78. The molecule has 0 bridgehead atoms. The van der Waals surface area contributed by atoms with Gasteiger partial charge in [0.25, 0.3) is 0 Å². The van der Waals surface area contributed by atoms with Gasteiger partial charge in [0.2, 0.25) is 0 Å². The zero-order valence-corrected chi connectivity index (χ0v) is 13.5. The van der Waals surface area contributed by atoms with Gasteiger partial charge in [-0.25, -0.2) is 0 Å². The molecule has 0 aliphatic heterocycles. The van der Waals surface area contributed by atoms with E-state index in [1.165, 1.54) is 41.5 Å². The molecule has 1 fully saturated rings. The minimum Gasteiger partial charge on any atom is -0.302 e. The van der Waals surface area contributed by atoms with Crippen molar-refractivity contribution in [2.75, 3.05) is 14.1 Å². The van der Waals surface area contributed by atoms with Crippen LogP contribution in [0.3, 0.4) is 0 Å². The lowest BCUT2D eigenvalue weighted by molar-refractivity contribution is 0.0575. The number of halogens is 1. The predicted octanol–water partition coefficient (Wildman–Crippen LogP) is 3.28. The number of likely N-dealkylation sites (N-methyl/N-ethyl adjacent to an activating group) is 1. The molecule has 0 saturated heterocycles. The highest BCUT2D eigenvalue weighted by Crippen LogP contribution is 2.44. The van der Waals surface area contributed by atoms with Crippen molar-refractivity contribution in [2.45, 2.75) is 43.7 Å². The highest BCUT2D eigenvalue weighted by Gasteiger charge is 2.43. The highest BCUT2D eigenvalue weighted by molar-refractivity contribution is 9.10. The summed E-state index contributed by atoms with van der Waals surface area (Å²) in [6.45, 7) is 0. The van der Waals surface area contributed by atoms with E-state index in [2.05, 4.69) is 51.8 Å². The van der Waals surface area contributed by atoms with Crippen molar-refractivity contribution < 1.29 is 0 Å². The van der Waals surface area contributed by atoms with Crippen LogP contribution in [0.25, 0.3) is 0 Å². The first-order valence-electron chi connectivity index (χ1n) is 6.48. The van der Waals surface area contributed by atoms with Crippen LogP contribution in [0, 0.1) is 0 Å². The van der Waals surface area contributed by atoms with Crippen molar-refractivity contribution in [3.63, 3.8) is 0 Å². The second kappa shape index (κ2) is 6.01. The Morgan fingerprint density at radius 1 is 1.39 bits per heavy atom. The molecule has 0 amide bonds. The first-order chi connectivity index (χ1) is 8.62. The maximum absolute atomic E-state index is 5.90. The lowest BCUT2D eigenvalue weighted by atomic mass is 9.75. The maximum Gasteiger partial charge on any atom is 0.0747 e. The summed E-state index contributed by atoms with van der Waals surface area (Å²) in [5.74, 6) is 5.90. The molecular weight excluding hydrogens is 310 g/mol. The van der Waals surface area contributed by atoms with E-state index < -0.39 is 0 Å². The minimum atomic E-state index is 0.139. The van der Waals surface area contributed by atoms with Crippen molar-refractivity contribution in [1.82, 2.24) is 10.3 Å². The van der Waals surface area contributed by atoms with E-state index in [0.717, 1.165) is 0 Å². The number of nitrogens with two attached hydrogens (primary N) is 1. The van der Waals surface area contributed by atoms with E-state index in [1.807, 2.05) is 0 Å². The molecule has 18 heavy (non-hydrogen) atoms. The maximum atomic E-state index is 5.90. The van der Waals surface area contributed by atoms with Crippen LogP contribution in [0.4, 0.5) is 0 Å². The van der Waals surface area contributed by atoms with Gasteiger partial charge in [-0.05, 0) is 54.3 Å². The number of hydrazine groups is 1. The Bertz CT molecular complexity index is 385. The van der Waals surface area contributed by atoms with Crippen molar-refractivity contribution >= 4 is 27.3 Å². The molecule has 1 heterocycles. The molecule has 0 radical (unpaired) electrons. The summed E-state index contributed by atoms with van der Waals surface area (Å²) < 4.78 is 1.17. The SMILES string of the molecule is CN(C)C1(C(NN)c2sccc2Br)CCCCC1. The van der Waals surface area contributed by atoms with Crippen LogP contribution in [0.2, 0.25) is 0 Å². The lowest BCUT2D eigenvalue weighted by Crippen LogP contribution is -2.56. The van der Waals surface area contributed by atoms with Gasteiger partial charge in [-0.1, -0.05) is 19.3 Å². The molecule has 1 aromatic heterocycles. The number of hydrogen-bond donors (Lipinski definition) is 2. The summed E-state index contributed by atoms with van der Waals surface area (Å²) in [4.78, 5) is 3.68. The fraction of sp³-hybridized carbons (Fsp3) is 0.692. The molecule has 5 heteroatoms. The molecule has 1 saturated carbocycles. The lowest BCUT2D eigenvalue weighted by Gasteiger charge is -2.48. The molecule has 1 unspecified atom stereocenters. The second-order valence-corrected chi connectivity index (χ2v) is 7.09. The van der Waals surface area contributed by atoms with Gasteiger partial charge >= 0.3 is 0 Å². The van der Waals surface area contributed by atoms with E-state index >= 15 is 0 Å². The van der Waals surface area contributed by atoms with E-state index in [4.69, 9.17) is 5.84 Å². The Morgan fingerprint density at radius 2 is 2.06 bits per heavy atom. The third-order valence-corrected chi connectivity index (χ3v) is 6.16. The van der Waals surface area contributed by atoms with Gasteiger partial charge in [0.05, 0.1) is 6.04 Å². The molecule has 1 atom stereocenters. The quantitative estimate of drug-likeness (QED) is 0.657. The van der Waals surface area contributed by atoms with Gasteiger partial charge in [-0.15, -0.1) is 11.3 Å². The smallest absolute Gasteiger partial charge is 0.0747 e. The Hall–Kier alpha value is 0.0600. The number of thiophene rings is 1. The van der Waals surface area contributed by atoms with Crippen molar-refractivity contribution in [2.24, 2.45) is 5.84 Å². The van der Waals surface area contributed by atoms with Gasteiger partial charge < -0.3 is 4.90 Å². The standard InChI is InChI=1S/C13H22BrN3S/c1-17(2)13(7-4-3-5-8-13)12(16-15)11-10(14)6-9-18-11/h6,9,12,16H,3-5,7-8,15H2,1-2H3. The van der Waals surface area contributed by atoms with Gasteiger partial charge in [0, 0.05) is 14.9 Å². The van der Waals surface area contributed by atoms with Crippen LogP contribution in [-0.4, -0.2) is 24.5 Å². The molecular formula is C13H22BrN3S. The fourth-order valence-corrected chi connectivity index (χ4v) is 4.92. The molecule has 1 aliphatic rings. The monoisotopic (exact) mass is 331 g/mol. The number of nitrogens with zero attached hydrogens (tertiary/aromatic N) is 1. The van der Waals surface area contributed by atoms with Crippen LogP contribution in [0.1, 0.15) is 43.0 Å². The normalized spacial score (nSPS) is 21.2. The van der Waals surface area contributed by atoms with E-state index in [9.17, 15) is 0 Å². The fourth-order valence-electron chi connectivity index (χ4n) is 3.14. The summed E-state index contributed by atoms with van der Waals surface area (Å²) in [5.41, 5.74) is 3.22. The Kier molecular flexibility index (Phi) is 4.83. The summed E-state index contributed by atoms with van der Waals surface area (Å²) in [6, 6.07) is 2.30. The van der Waals surface area contributed by atoms with Gasteiger partial charge in [0.15, 0.2) is 0 Å². The highest BCUT2D eigenvalue weighted by atomic mass is 79.9. The summed E-state index contributed by atoms with van der Waals surface area (Å²) >= 11 is 5.42. The molecule has 2 rings (SSSR count). The van der Waals surface area contributed by atoms with Gasteiger partial charge in [-0.2, -0.15) is 0 Å². The predicted molar refractivity (Wildman–Crippen MR) is 81.6 cm³/mol. The van der Waals surface area contributed by atoms with Crippen LogP contribution in [0.5, 0.6) is 0 Å². The minimum absolute atomic E-state index is 0.139. The molecule has 0 spiro atoms. The number of nitrogens with one attached hydrogen (secondary N) is 1. The molecule has 3 N–H and O–H groups in total. The molecule has 1 aromatic rings. The van der Waals surface area contributed by atoms with Crippen LogP contribution in [-0.2, 0) is 0 Å². The Balaban J connectivity index is 2.36. The zero-order valence-electron chi connectivity index (χ0n) is 11.1. The van der Waals surface area contributed by atoms with Crippen LogP contribution >= 0.6 is 27.3 Å². The van der Waals surface area contributed by atoms with Crippen molar-refractivity contribution in [3.8, 4) is 0 Å². The van der Waals surface area contributed by atoms with Gasteiger partial charge in [0.1, 0.15) is 0 Å². The van der Waals surface area contributed by atoms with E-state index in [1.54, 1.807) is 11.3 Å². The summed E-state index contributed by atoms with van der Waals surface area (Å²) in [5, 5.41) is 2.12. The first-order valence-corrected chi connectivity index (χ1v) is 8.15. The van der Waals surface area contributed by atoms with Crippen LogP contribution in [0.15, 0.2) is 15.9 Å². The largest absolute Gasteiger partial charge is 0.302 e. The van der Waals surface area contributed by atoms with Crippen molar-refractivity contribution in [3.05, 3.63) is 20.8 Å². The second-order valence-electron chi connectivity index (χ2n) is 5.29. The first kappa shape index (κ1) is 14.5. The summed E-state index contributed by atoms with van der Waals surface area (Å²) in [7, 11) is 4.36. The number of rotatable bonds is 4. The van der Waals surface area contributed by atoms with E-state index in [-0.39, 0.29) is 11.6 Å². The van der Waals surface area contributed by atoms with E-state index in [0.29, 0.717) is 0 Å². The average molecular weight is 332 g/mol. The Morgan fingerprint density at radius 3 is 2.50 bits per heavy atom.